The van der Waals surface area contributed by atoms with Gasteiger partial charge < -0.3 is 5.11 Å². The third-order valence-corrected chi connectivity index (χ3v) is 3.05. The maximum absolute atomic E-state index is 11.1. The Kier molecular flexibility index (Phi) is 3.46. The minimum atomic E-state index is -0.907. The summed E-state index contributed by atoms with van der Waals surface area (Å²) in [5.41, 5.74) is 2.84. The van der Waals surface area contributed by atoms with Gasteiger partial charge in [0.1, 0.15) is 5.56 Å². The Morgan fingerprint density at radius 3 is 2.50 bits per heavy atom. The smallest absolute Gasteiger partial charge is 0.339 e. The Balaban J connectivity index is 2.16. The van der Waals surface area contributed by atoms with Crippen molar-refractivity contribution in [1.82, 2.24) is 9.78 Å². The summed E-state index contributed by atoms with van der Waals surface area (Å²) in [6.45, 7) is 4.23. The Bertz CT molecular complexity index is 559. The summed E-state index contributed by atoms with van der Waals surface area (Å²) >= 11 is 0. The number of hydrogen-bond acceptors (Lipinski definition) is 2. The average molecular weight is 244 g/mol. The lowest BCUT2D eigenvalue weighted by Gasteiger charge is -2.04. The van der Waals surface area contributed by atoms with Crippen LogP contribution in [0, 0.1) is 13.8 Å². The van der Waals surface area contributed by atoms with E-state index in [1.165, 1.54) is 5.56 Å². The molecule has 0 fully saturated rings. The highest BCUT2D eigenvalue weighted by molar-refractivity contribution is 5.90. The summed E-state index contributed by atoms with van der Waals surface area (Å²) in [7, 11) is 0. The first-order chi connectivity index (χ1) is 8.59. The fourth-order valence-electron chi connectivity index (χ4n) is 2.10. The van der Waals surface area contributed by atoms with Crippen LogP contribution in [0.25, 0.3) is 0 Å². The highest BCUT2D eigenvalue weighted by Crippen LogP contribution is 2.13. The summed E-state index contributed by atoms with van der Waals surface area (Å²) in [6.07, 6.45) is 0.849. The minimum Gasteiger partial charge on any atom is -0.478 e. The molecule has 18 heavy (non-hydrogen) atoms. The Labute approximate surface area is 106 Å². The summed E-state index contributed by atoms with van der Waals surface area (Å²) < 4.78 is 1.77. The zero-order valence-electron chi connectivity index (χ0n) is 10.6. The van der Waals surface area contributed by atoms with Crippen molar-refractivity contribution in [3.05, 3.63) is 52.8 Å². The van der Waals surface area contributed by atoms with Gasteiger partial charge >= 0.3 is 5.97 Å². The number of hydrogen-bond donors (Lipinski definition) is 1. The Morgan fingerprint density at radius 2 is 1.94 bits per heavy atom. The molecule has 0 saturated heterocycles. The number of carboxylic acid groups (broad SMARTS) is 1. The molecular weight excluding hydrogens is 228 g/mol. The van der Waals surface area contributed by atoms with Crippen LogP contribution in [0.5, 0.6) is 0 Å². The van der Waals surface area contributed by atoms with Crippen LogP contribution in [0.15, 0.2) is 30.3 Å². The van der Waals surface area contributed by atoms with E-state index in [1.54, 1.807) is 18.5 Å². The molecule has 0 bridgehead atoms. The number of aromatic nitrogens is 2. The molecule has 1 N–H and O–H groups in total. The number of aromatic carboxylic acids is 1. The molecule has 2 rings (SSSR count). The van der Waals surface area contributed by atoms with Gasteiger partial charge in [0.2, 0.25) is 0 Å². The van der Waals surface area contributed by atoms with Crippen LogP contribution in [0.4, 0.5) is 0 Å². The molecule has 0 amide bonds. The van der Waals surface area contributed by atoms with Crippen molar-refractivity contribution in [2.45, 2.75) is 26.8 Å². The van der Waals surface area contributed by atoms with E-state index in [-0.39, 0.29) is 0 Å². The number of nitrogens with zero attached hydrogens (tertiary/aromatic N) is 2. The molecule has 0 saturated carbocycles. The van der Waals surface area contributed by atoms with Gasteiger partial charge in [0.05, 0.1) is 11.4 Å². The van der Waals surface area contributed by atoms with Crippen LogP contribution in [0.1, 0.15) is 27.3 Å². The first kappa shape index (κ1) is 12.4. The molecule has 0 unspecified atom stereocenters. The van der Waals surface area contributed by atoms with E-state index >= 15 is 0 Å². The van der Waals surface area contributed by atoms with Crippen LogP contribution in [0.3, 0.4) is 0 Å². The number of carbonyl (C=O) groups is 1. The van der Waals surface area contributed by atoms with E-state index in [1.807, 2.05) is 18.2 Å². The van der Waals surface area contributed by atoms with Crippen molar-refractivity contribution in [3.8, 4) is 0 Å². The molecule has 0 aliphatic heterocycles. The predicted molar refractivity (Wildman–Crippen MR) is 68.8 cm³/mol. The highest BCUT2D eigenvalue weighted by Gasteiger charge is 2.17. The van der Waals surface area contributed by atoms with E-state index < -0.39 is 5.97 Å². The summed E-state index contributed by atoms with van der Waals surface area (Å²) in [5.74, 6) is -0.907. The van der Waals surface area contributed by atoms with Gasteiger partial charge in [-0.3, -0.25) is 4.68 Å². The third kappa shape index (κ3) is 2.42. The molecule has 4 heteroatoms. The van der Waals surface area contributed by atoms with Crippen LogP contribution in [-0.2, 0) is 13.0 Å². The van der Waals surface area contributed by atoms with E-state index in [0.717, 1.165) is 12.1 Å². The van der Waals surface area contributed by atoms with Crippen LogP contribution in [-0.4, -0.2) is 20.9 Å². The Hall–Kier alpha value is -2.10. The maximum atomic E-state index is 11.1. The maximum Gasteiger partial charge on any atom is 0.339 e. The summed E-state index contributed by atoms with van der Waals surface area (Å²) in [4.78, 5) is 11.1. The molecule has 0 aliphatic rings. The van der Waals surface area contributed by atoms with Gasteiger partial charge in [0.15, 0.2) is 0 Å². The number of benzene rings is 1. The van der Waals surface area contributed by atoms with Crippen molar-refractivity contribution in [2.24, 2.45) is 0 Å². The molecule has 1 aromatic carbocycles. The van der Waals surface area contributed by atoms with Crippen LogP contribution in [0.2, 0.25) is 0 Å². The quantitative estimate of drug-likeness (QED) is 0.898. The summed E-state index contributed by atoms with van der Waals surface area (Å²) in [5, 5.41) is 13.4. The second-order valence-corrected chi connectivity index (χ2v) is 4.31. The first-order valence-corrected chi connectivity index (χ1v) is 5.91. The van der Waals surface area contributed by atoms with Gasteiger partial charge in [0.25, 0.3) is 0 Å². The number of rotatable bonds is 4. The lowest BCUT2D eigenvalue weighted by atomic mass is 10.1. The van der Waals surface area contributed by atoms with Gasteiger partial charge in [-0.15, -0.1) is 0 Å². The standard InChI is InChI=1S/C14H16N2O2/c1-10-13(14(17)18)11(2)16(15-10)9-8-12-6-4-3-5-7-12/h3-7H,8-9H2,1-2H3,(H,17,18). The fourth-order valence-corrected chi connectivity index (χ4v) is 2.10. The lowest BCUT2D eigenvalue weighted by molar-refractivity contribution is 0.0695. The summed E-state index contributed by atoms with van der Waals surface area (Å²) in [6, 6.07) is 10.1. The average Bonchev–Trinajstić information content (AvgIpc) is 2.63. The second kappa shape index (κ2) is 5.04. The van der Waals surface area contributed by atoms with Gasteiger partial charge in [0, 0.05) is 6.54 Å². The Morgan fingerprint density at radius 1 is 1.28 bits per heavy atom. The van der Waals surface area contributed by atoms with E-state index in [0.29, 0.717) is 17.8 Å². The SMILES string of the molecule is Cc1nn(CCc2ccccc2)c(C)c1C(=O)O. The molecule has 0 atom stereocenters. The zero-order chi connectivity index (χ0) is 13.1. The van der Waals surface area contributed by atoms with E-state index in [9.17, 15) is 4.79 Å². The minimum absolute atomic E-state index is 0.322. The monoisotopic (exact) mass is 244 g/mol. The van der Waals surface area contributed by atoms with Crippen molar-refractivity contribution in [2.75, 3.05) is 0 Å². The predicted octanol–water partition coefficient (Wildman–Crippen LogP) is 2.44. The molecule has 0 spiro atoms. The van der Waals surface area contributed by atoms with E-state index in [2.05, 4.69) is 17.2 Å². The van der Waals surface area contributed by atoms with Crippen molar-refractivity contribution < 1.29 is 9.90 Å². The van der Waals surface area contributed by atoms with Crippen molar-refractivity contribution in [1.29, 1.82) is 0 Å². The topological polar surface area (TPSA) is 55.1 Å². The first-order valence-electron chi connectivity index (χ1n) is 5.91. The van der Waals surface area contributed by atoms with E-state index in [4.69, 9.17) is 5.11 Å². The lowest BCUT2D eigenvalue weighted by Crippen LogP contribution is -2.06. The molecule has 1 aromatic heterocycles. The molecule has 2 aromatic rings. The molecule has 4 nitrogen and oxygen atoms in total. The zero-order valence-corrected chi connectivity index (χ0v) is 10.6. The molecule has 1 heterocycles. The van der Waals surface area contributed by atoms with Crippen LogP contribution < -0.4 is 0 Å². The molecule has 0 radical (unpaired) electrons. The molecular formula is C14H16N2O2. The van der Waals surface area contributed by atoms with Gasteiger partial charge in [-0.2, -0.15) is 5.10 Å². The van der Waals surface area contributed by atoms with Crippen molar-refractivity contribution in [3.63, 3.8) is 0 Å². The number of carboxylic acids is 1. The van der Waals surface area contributed by atoms with Crippen LogP contribution >= 0.6 is 0 Å². The van der Waals surface area contributed by atoms with Gasteiger partial charge in [-0.05, 0) is 25.8 Å². The highest BCUT2D eigenvalue weighted by atomic mass is 16.4. The fraction of sp³-hybridized carbons (Fsp3) is 0.286. The normalized spacial score (nSPS) is 10.6. The van der Waals surface area contributed by atoms with Gasteiger partial charge in [-0.25, -0.2) is 4.79 Å². The second-order valence-electron chi connectivity index (χ2n) is 4.31. The number of aryl methyl sites for hydroxylation is 3. The molecule has 94 valence electrons. The molecule has 0 aliphatic carbocycles. The third-order valence-electron chi connectivity index (χ3n) is 3.05. The largest absolute Gasteiger partial charge is 0.478 e. The van der Waals surface area contributed by atoms with Gasteiger partial charge in [-0.1, -0.05) is 30.3 Å². The van der Waals surface area contributed by atoms with Crippen molar-refractivity contribution >= 4 is 5.97 Å².